The molecule has 1 saturated heterocycles. The van der Waals surface area contributed by atoms with E-state index < -0.39 is 5.82 Å². The molecule has 1 atom stereocenters. The fourth-order valence-corrected chi connectivity index (χ4v) is 3.65. The quantitative estimate of drug-likeness (QED) is 0.710. The Morgan fingerprint density at radius 3 is 2.45 bits per heavy atom. The van der Waals surface area contributed by atoms with Crippen LogP contribution in [0.5, 0.6) is 11.5 Å². The van der Waals surface area contributed by atoms with Gasteiger partial charge in [-0.2, -0.15) is 15.4 Å². The van der Waals surface area contributed by atoms with Crippen LogP contribution in [-0.2, 0) is 0 Å². The number of aromatic nitrogens is 3. The second-order valence-electron chi connectivity index (χ2n) is 7.02. The molecule has 1 aliphatic rings. The van der Waals surface area contributed by atoms with Gasteiger partial charge in [-0.15, -0.1) is 0 Å². The van der Waals surface area contributed by atoms with E-state index in [1.165, 1.54) is 12.1 Å². The number of aromatic amines is 1. The molecular weight excluding hydrogens is 377 g/mol. The maximum atomic E-state index is 14.4. The molecule has 152 valence electrons. The van der Waals surface area contributed by atoms with Crippen molar-refractivity contribution in [1.29, 1.82) is 0 Å². The average molecular weight is 399 g/mol. The summed E-state index contributed by atoms with van der Waals surface area (Å²) in [5.74, 6) is 0.434. The van der Waals surface area contributed by atoms with Crippen LogP contribution in [0, 0.1) is 5.82 Å². The first-order chi connectivity index (χ1) is 14.0. The summed E-state index contributed by atoms with van der Waals surface area (Å²) in [5.41, 5.74) is 1.80. The van der Waals surface area contributed by atoms with Crippen molar-refractivity contribution in [3.63, 3.8) is 0 Å². The minimum absolute atomic E-state index is 0.00426. The number of fused-ring (bicyclic) bond motifs is 1. The van der Waals surface area contributed by atoms with Gasteiger partial charge in [0.1, 0.15) is 28.3 Å². The van der Waals surface area contributed by atoms with Gasteiger partial charge in [-0.3, -0.25) is 4.79 Å². The number of methoxy groups -OCH3 is 2. The normalized spacial score (nSPS) is 16.3. The van der Waals surface area contributed by atoms with Gasteiger partial charge in [0.25, 0.3) is 5.91 Å². The summed E-state index contributed by atoms with van der Waals surface area (Å²) in [6.45, 7) is 1.40. The number of amides is 1. The highest BCUT2D eigenvalue weighted by atomic mass is 19.1. The molecule has 1 aromatic heterocycles. The van der Waals surface area contributed by atoms with Crippen LogP contribution < -0.4 is 14.4 Å². The highest BCUT2D eigenvalue weighted by Crippen LogP contribution is 2.31. The van der Waals surface area contributed by atoms with Gasteiger partial charge in [-0.25, -0.2) is 4.39 Å². The number of nitrogens with one attached hydrogen (secondary N) is 1. The summed E-state index contributed by atoms with van der Waals surface area (Å²) >= 11 is 0. The van der Waals surface area contributed by atoms with Gasteiger partial charge in [0.2, 0.25) is 0 Å². The van der Waals surface area contributed by atoms with E-state index in [-0.39, 0.29) is 17.5 Å². The number of hydrogen-bond acceptors (Lipinski definition) is 6. The molecule has 1 N–H and O–H groups in total. The number of ether oxygens (including phenoxy) is 2. The predicted octanol–water partition coefficient (Wildman–Crippen LogP) is 2.47. The van der Waals surface area contributed by atoms with Gasteiger partial charge in [-0.1, -0.05) is 0 Å². The Hall–Kier alpha value is -3.36. The smallest absolute Gasteiger partial charge is 0.256 e. The van der Waals surface area contributed by atoms with Gasteiger partial charge in [0, 0.05) is 50.1 Å². The summed E-state index contributed by atoms with van der Waals surface area (Å²) in [5, 5.41) is 10.2. The molecule has 9 heteroatoms. The van der Waals surface area contributed by atoms with E-state index in [4.69, 9.17) is 9.47 Å². The summed E-state index contributed by atoms with van der Waals surface area (Å²) in [6, 6.07) is 8.30. The maximum Gasteiger partial charge on any atom is 0.256 e. The van der Waals surface area contributed by atoms with E-state index in [1.807, 2.05) is 18.2 Å². The number of benzene rings is 2. The minimum Gasteiger partial charge on any atom is -0.497 e. The molecule has 0 saturated carbocycles. The molecule has 0 unspecified atom stereocenters. The van der Waals surface area contributed by atoms with Crippen molar-refractivity contribution in [2.75, 3.05) is 39.3 Å². The van der Waals surface area contributed by atoms with Crippen molar-refractivity contribution in [3.8, 4) is 11.5 Å². The van der Waals surface area contributed by atoms with Crippen LogP contribution in [-0.4, -0.2) is 66.6 Å². The largest absolute Gasteiger partial charge is 0.497 e. The first-order valence-corrected chi connectivity index (χ1v) is 9.25. The van der Waals surface area contributed by atoms with Crippen LogP contribution in [0.3, 0.4) is 0 Å². The molecule has 1 amide bonds. The molecule has 3 aromatic rings. The summed E-state index contributed by atoms with van der Waals surface area (Å²) < 4.78 is 25.1. The second-order valence-corrected chi connectivity index (χ2v) is 7.02. The Morgan fingerprint density at radius 2 is 1.79 bits per heavy atom. The molecule has 0 aliphatic carbocycles. The zero-order valence-electron chi connectivity index (χ0n) is 16.5. The standard InChI is InChI=1S/C20H22FN5O3/c1-25(20(27)16-9-18-19(10-17(16)21)23-24-22-18)12-4-5-26(11-12)13-6-14(28-2)8-15(7-13)29-3/h6-10,12H,4-5,11H2,1-3H3,(H,22,23,24)/t12-/m1/s1. The highest BCUT2D eigenvalue weighted by Gasteiger charge is 2.30. The predicted molar refractivity (Wildman–Crippen MR) is 106 cm³/mol. The van der Waals surface area contributed by atoms with Crippen LogP contribution in [0.1, 0.15) is 16.8 Å². The summed E-state index contributed by atoms with van der Waals surface area (Å²) in [4.78, 5) is 16.7. The third kappa shape index (κ3) is 3.55. The lowest BCUT2D eigenvalue weighted by atomic mass is 10.1. The van der Waals surface area contributed by atoms with Crippen LogP contribution in [0.15, 0.2) is 30.3 Å². The third-order valence-electron chi connectivity index (χ3n) is 5.37. The number of nitrogens with zero attached hydrogens (tertiary/aromatic N) is 4. The Morgan fingerprint density at radius 1 is 1.14 bits per heavy atom. The monoisotopic (exact) mass is 399 g/mol. The lowest BCUT2D eigenvalue weighted by Crippen LogP contribution is -2.39. The molecule has 29 heavy (non-hydrogen) atoms. The van der Waals surface area contributed by atoms with Crippen molar-refractivity contribution in [1.82, 2.24) is 20.3 Å². The Kier molecular flexibility index (Phi) is 4.96. The van der Waals surface area contributed by atoms with Gasteiger partial charge in [-0.05, 0) is 12.5 Å². The summed E-state index contributed by atoms with van der Waals surface area (Å²) in [7, 11) is 4.92. The average Bonchev–Trinajstić information content (AvgIpc) is 3.41. The van der Waals surface area contributed by atoms with Crippen LogP contribution in [0.25, 0.3) is 11.0 Å². The second kappa shape index (κ2) is 7.57. The van der Waals surface area contributed by atoms with Gasteiger partial charge < -0.3 is 19.3 Å². The van der Waals surface area contributed by atoms with Crippen molar-refractivity contribution in [2.45, 2.75) is 12.5 Å². The number of anilines is 1. The molecule has 1 aliphatic heterocycles. The maximum absolute atomic E-state index is 14.4. The van der Waals surface area contributed by atoms with Gasteiger partial charge in [0.05, 0.1) is 25.8 Å². The molecule has 8 nitrogen and oxygen atoms in total. The molecule has 1 fully saturated rings. The Labute approximate surface area is 167 Å². The number of carbonyl (C=O) groups is 1. The molecule has 2 aromatic carbocycles. The van der Waals surface area contributed by atoms with Crippen molar-refractivity contribution < 1.29 is 18.7 Å². The van der Waals surface area contributed by atoms with Crippen LogP contribution >= 0.6 is 0 Å². The zero-order chi connectivity index (χ0) is 20.5. The van der Waals surface area contributed by atoms with E-state index in [0.717, 1.165) is 18.7 Å². The SMILES string of the molecule is COc1cc(OC)cc(N2CC[C@@H](N(C)C(=O)c3cc4n[nH]nc4cc3F)C2)c1. The van der Waals surface area contributed by atoms with Crippen molar-refractivity contribution in [2.24, 2.45) is 0 Å². The molecular formula is C20H22FN5O3. The van der Waals surface area contributed by atoms with Crippen molar-refractivity contribution >= 4 is 22.6 Å². The molecule has 0 bridgehead atoms. The van der Waals surface area contributed by atoms with E-state index in [2.05, 4.69) is 20.3 Å². The molecule has 4 rings (SSSR count). The van der Waals surface area contributed by atoms with Gasteiger partial charge in [0.15, 0.2) is 0 Å². The van der Waals surface area contributed by atoms with Crippen LogP contribution in [0.2, 0.25) is 0 Å². The van der Waals surface area contributed by atoms with E-state index >= 15 is 0 Å². The highest BCUT2D eigenvalue weighted by molar-refractivity contribution is 5.97. The topological polar surface area (TPSA) is 83.6 Å². The fraction of sp³-hybridized carbons (Fsp3) is 0.350. The molecule has 0 radical (unpaired) electrons. The van der Waals surface area contributed by atoms with Crippen molar-refractivity contribution in [3.05, 3.63) is 41.7 Å². The number of hydrogen-bond donors (Lipinski definition) is 1. The first-order valence-electron chi connectivity index (χ1n) is 9.25. The Bertz CT molecular complexity index is 1030. The Balaban J connectivity index is 1.52. The van der Waals surface area contributed by atoms with E-state index in [0.29, 0.717) is 29.1 Å². The number of carbonyl (C=O) groups excluding carboxylic acids is 1. The fourth-order valence-electron chi connectivity index (χ4n) is 3.65. The number of rotatable bonds is 5. The lowest BCUT2D eigenvalue weighted by Gasteiger charge is -2.26. The third-order valence-corrected chi connectivity index (χ3v) is 5.37. The number of halogens is 1. The van der Waals surface area contributed by atoms with E-state index in [1.54, 1.807) is 26.2 Å². The van der Waals surface area contributed by atoms with Gasteiger partial charge >= 0.3 is 0 Å². The number of likely N-dealkylation sites (N-methyl/N-ethyl adjacent to an activating group) is 1. The zero-order valence-corrected chi connectivity index (χ0v) is 16.5. The minimum atomic E-state index is -0.601. The molecule has 0 spiro atoms. The summed E-state index contributed by atoms with van der Waals surface area (Å²) in [6.07, 6.45) is 0.773. The first kappa shape index (κ1) is 19.0. The van der Waals surface area contributed by atoms with Crippen LogP contribution in [0.4, 0.5) is 10.1 Å². The van der Waals surface area contributed by atoms with E-state index in [9.17, 15) is 9.18 Å². The molecule has 2 heterocycles. The lowest BCUT2D eigenvalue weighted by molar-refractivity contribution is 0.0740. The number of H-pyrrole nitrogens is 1.